The highest BCUT2D eigenvalue weighted by molar-refractivity contribution is 7.86. The van der Waals surface area contributed by atoms with Gasteiger partial charge in [-0.3, -0.25) is 4.90 Å². The maximum absolute atomic E-state index is 11.8. The summed E-state index contributed by atoms with van der Waals surface area (Å²) in [5.74, 6) is 0.542. The van der Waals surface area contributed by atoms with E-state index in [0.717, 1.165) is 43.3 Å². The topological polar surface area (TPSA) is 55.8 Å². The zero-order valence-corrected chi connectivity index (χ0v) is 14.1. The van der Waals surface area contributed by atoms with Crippen LogP contribution in [-0.4, -0.2) is 38.7 Å². The Morgan fingerprint density at radius 1 is 1.27 bits per heavy atom. The van der Waals surface area contributed by atoms with Gasteiger partial charge in [-0.15, -0.1) is 0 Å². The average Bonchev–Trinajstić information content (AvgIpc) is 2.67. The van der Waals surface area contributed by atoms with E-state index in [1.165, 1.54) is 6.42 Å². The monoisotopic (exact) mass is 325 g/mol. The minimum absolute atomic E-state index is 0.0740. The van der Waals surface area contributed by atoms with E-state index in [1.807, 2.05) is 6.08 Å². The standard InChI is InChI=1S/C16H23NO4S/c1-16(2)13-11-20-10-7-12(13)14(21-22(3,18)19)15(16)17-8-5-4-6-9-17/h7,10-11,15H,4-6,8-9H2,1-3H3. The van der Waals surface area contributed by atoms with Crippen LogP contribution in [0, 0.1) is 5.41 Å². The lowest BCUT2D eigenvalue weighted by atomic mass is 9.80. The summed E-state index contributed by atoms with van der Waals surface area (Å²) in [5.41, 5.74) is 1.60. The first-order chi connectivity index (χ1) is 10.3. The van der Waals surface area contributed by atoms with E-state index in [-0.39, 0.29) is 11.5 Å². The van der Waals surface area contributed by atoms with Crippen molar-refractivity contribution in [1.29, 1.82) is 0 Å². The molecule has 0 aromatic rings. The number of likely N-dealkylation sites (tertiary alicyclic amines) is 1. The summed E-state index contributed by atoms with van der Waals surface area (Å²) in [6.07, 6.45) is 9.70. The van der Waals surface area contributed by atoms with Gasteiger partial charge in [0.25, 0.3) is 0 Å². The summed E-state index contributed by atoms with van der Waals surface area (Å²) < 4.78 is 34.3. The fourth-order valence-corrected chi connectivity index (χ4v) is 4.26. The Kier molecular flexibility index (Phi) is 3.85. The minimum atomic E-state index is -3.57. The van der Waals surface area contributed by atoms with Crippen LogP contribution < -0.4 is 0 Å². The fraction of sp³-hybridized carbons (Fsp3) is 0.625. The molecule has 0 N–H and O–H groups in total. The summed E-state index contributed by atoms with van der Waals surface area (Å²) in [7, 11) is -3.57. The molecular formula is C16H23NO4S. The Balaban J connectivity index is 2.07. The number of piperidine rings is 1. The largest absolute Gasteiger partial charge is 0.472 e. The van der Waals surface area contributed by atoms with E-state index in [9.17, 15) is 8.42 Å². The molecule has 22 heavy (non-hydrogen) atoms. The second-order valence-electron chi connectivity index (χ2n) is 6.76. The summed E-state index contributed by atoms with van der Waals surface area (Å²) in [6.45, 7) is 6.18. The molecule has 0 aromatic heterocycles. The van der Waals surface area contributed by atoms with E-state index < -0.39 is 10.1 Å². The molecular weight excluding hydrogens is 302 g/mol. The molecule has 1 unspecified atom stereocenters. The van der Waals surface area contributed by atoms with Crippen molar-refractivity contribution in [3.8, 4) is 0 Å². The number of ether oxygens (including phenoxy) is 1. The Morgan fingerprint density at radius 2 is 1.95 bits per heavy atom. The molecule has 2 heterocycles. The van der Waals surface area contributed by atoms with Crippen LogP contribution in [0.2, 0.25) is 0 Å². The van der Waals surface area contributed by atoms with Crippen LogP contribution >= 0.6 is 0 Å². The van der Waals surface area contributed by atoms with E-state index in [0.29, 0.717) is 5.76 Å². The summed E-state index contributed by atoms with van der Waals surface area (Å²) in [6, 6.07) is -0.0740. The lowest BCUT2D eigenvalue weighted by Gasteiger charge is -2.40. The maximum Gasteiger partial charge on any atom is 0.306 e. The van der Waals surface area contributed by atoms with Crippen molar-refractivity contribution in [2.75, 3.05) is 19.3 Å². The molecule has 1 atom stereocenters. The van der Waals surface area contributed by atoms with Gasteiger partial charge in [0.15, 0.2) is 0 Å². The van der Waals surface area contributed by atoms with Gasteiger partial charge in [-0.1, -0.05) is 20.3 Å². The first-order valence-electron chi connectivity index (χ1n) is 7.71. The zero-order valence-electron chi connectivity index (χ0n) is 13.3. The van der Waals surface area contributed by atoms with E-state index in [4.69, 9.17) is 8.92 Å². The highest BCUT2D eigenvalue weighted by Gasteiger charge is 2.50. The summed E-state index contributed by atoms with van der Waals surface area (Å²) in [5, 5.41) is 0. The van der Waals surface area contributed by atoms with E-state index in [2.05, 4.69) is 18.7 Å². The van der Waals surface area contributed by atoms with Gasteiger partial charge in [-0.2, -0.15) is 8.42 Å². The first kappa shape index (κ1) is 15.6. The highest BCUT2D eigenvalue weighted by Crippen LogP contribution is 2.51. The number of hydrogen-bond donors (Lipinski definition) is 0. The quantitative estimate of drug-likeness (QED) is 0.746. The van der Waals surface area contributed by atoms with Crippen LogP contribution in [-0.2, 0) is 19.0 Å². The van der Waals surface area contributed by atoms with Gasteiger partial charge in [0.1, 0.15) is 5.76 Å². The van der Waals surface area contributed by atoms with Crippen molar-refractivity contribution >= 4 is 10.1 Å². The highest BCUT2D eigenvalue weighted by atomic mass is 32.2. The Labute approximate surface area is 132 Å². The van der Waals surface area contributed by atoms with Gasteiger partial charge in [-0.25, -0.2) is 0 Å². The van der Waals surface area contributed by atoms with Crippen LogP contribution in [0.15, 0.2) is 35.5 Å². The number of fused-ring (bicyclic) bond motifs is 1. The van der Waals surface area contributed by atoms with Crippen LogP contribution in [0.3, 0.4) is 0 Å². The lowest BCUT2D eigenvalue weighted by Crippen LogP contribution is -2.47. The predicted octanol–water partition coefficient (Wildman–Crippen LogP) is 2.54. The lowest BCUT2D eigenvalue weighted by molar-refractivity contribution is 0.0987. The molecule has 5 nitrogen and oxygen atoms in total. The molecule has 0 bridgehead atoms. The zero-order chi connectivity index (χ0) is 16.0. The van der Waals surface area contributed by atoms with Crippen LogP contribution in [0.5, 0.6) is 0 Å². The van der Waals surface area contributed by atoms with Crippen LogP contribution in [0.1, 0.15) is 33.1 Å². The number of allylic oxidation sites excluding steroid dienone is 2. The SMILES string of the molecule is CC1(C)C2=COC=CC2=C(OS(C)(=O)=O)C1N1CCCCC1. The molecule has 122 valence electrons. The van der Waals surface area contributed by atoms with Crippen LogP contribution in [0.25, 0.3) is 0 Å². The predicted molar refractivity (Wildman–Crippen MR) is 84.3 cm³/mol. The molecule has 3 rings (SSSR count). The molecule has 2 aliphatic heterocycles. The Bertz CT molecular complexity index is 652. The molecule has 0 saturated carbocycles. The molecule has 0 spiro atoms. The molecule has 1 fully saturated rings. The van der Waals surface area contributed by atoms with Crippen molar-refractivity contribution in [1.82, 2.24) is 4.90 Å². The molecule has 1 aliphatic carbocycles. The summed E-state index contributed by atoms with van der Waals surface area (Å²) in [4.78, 5) is 2.35. The van der Waals surface area contributed by atoms with Crippen molar-refractivity contribution in [2.24, 2.45) is 5.41 Å². The van der Waals surface area contributed by atoms with Gasteiger partial charge in [0.05, 0.1) is 24.8 Å². The van der Waals surface area contributed by atoms with Gasteiger partial charge >= 0.3 is 10.1 Å². The Morgan fingerprint density at radius 3 is 2.59 bits per heavy atom. The molecule has 1 saturated heterocycles. The first-order valence-corrected chi connectivity index (χ1v) is 9.53. The maximum atomic E-state index is 11.8. The van der Waals surface area contributed by atoms with Gasteiger partial charge in [0.2, 0.25) is 0 Å². The van der Waals surface area contributed by atoms with Gasteiger partial charge in [0, 0.05) is 16.6 Å². The van der Waals surface area contributed by atoms with Gasteiger partial charge in [-0.05, 0) is 32.0 Å². The van der Waals surface area contributed by atoms with Crippen molar-refractivity contribution in [3.05, 3.63) is 35.5 Å². The molecule has 3 aliphatic rings. The number of nitrogens with zero attached hydrogens (tertiary/aromatic N) is 1. The van der Waals surface area contributed by atoms with E-state index >= 15 is 0 Å². The number of hydrogen-bond acceptors (Lipinski definition) is 5. The van der Waals surface area contributed by atoms with Gasteiger partial charge < -0.3 is 8.92 Å². The third-order valence-electron chi connectivity index (χ3n) is 4.68. The third-order valence-corrected chi connectivity index (χ3v) is 5.16. The molecule has 0 radical (unpaired) electrons. The normalized spacial score (nSPS) is 28.1. The second kappa shape index (κ2) is 5.42. The smallest absolute Gasteiger partial charge is 0.306 e. The van der Waals surface area contributed by atoms with Crippen molar-refractivity contribution in [2.45, 2.75) is 39.2 Å². The minimum Gasteiger partial charge on any atom is -0.472 e. The second-order valence-corrected chi connectivity index (χ2v) is 8.33. The van der Waals surface area contributed by atoms with E-state index in [1.54, 1.807) is 12.5 Å². The van der Waals surface area contributed by atoms with Crippen LogP contribution in [0.4, 0.5) is 0 Å². The third kappa shape index (κ3) is 2.70. The fourth-order valence-electron chi connectivity index (χ4n) is 3.76. The Hall–Kier alpha value is -1.27. The van der Waals surface area contributed by atoms with Crippen molar-refractivity contribution < 1.29 is 17.3 Å². The molecule has 0 amide bonds. The molecule has 6 heteroatoms. The summed E-state index contributed by atoms with van der Waals surface area (Å²) >= 11 is 0. The number of rotatable bonds is 3. The molecule has 0 aromatic carbocycles. The van der Waals surface area contributed by atoms with Crippen molar-refractivity contribution in [3.63, 3.8) is 0 Å². The average molecular weight is 325 g/mol.